The molecule has 5 rings (SSSR count). The first kappa shape index (κ1) is 17.0. The molecule has 1 N–H and O–H groups in total. The van der Waals surface area contributed by atoms with Crippen LogP contribution in [0.15, 0.2) is 30.6 Å². The minimum Gasteiger partial charge on any atom is -0.376 e. The number of rotatable bonds is 3. The molecule has 1 aliphatic carbocycles. The first-order valence-electron chi connectivity index (χ1n) is 9.39. The molecule has 3 heterocycles. The molecule has 1 amide bonds. The fourth-order valence-corrected chi connectivity index (χ4v) is 4.63. The number of likely N-dealkylation sites (tertiary alicyclic amines) is 1. The molecule has 1 spiro atoms. The van der Waals surface area contributed by atoms with E-state index in [-0.39, 0.29) is 17.5 Å². The molecule has 1 aromatic heterocycles. The molecule has 0 radical (unpaired) electrons. The molecule has 1 aromatic carbocycles. The summed E-state index contributed by atoms with van der Waals surface area (Å²) < 4.78 is 5.36. The number of fused-ring (bicyclic) bond motifs is 1. The highest BCUT2D eigenvalue weighted by molar-refractivity contribution is 6.30. The van der Waals surface area contributed by atoms with E-state index >= 15 is 0 Å². The highest BCUT2D eigenvalue weighted by Crippen LogP contribution is 2.36. The van der Waals surface area contributed by atoms with E-state index in [1.54, 1.807) is 12.4 Å². The molecule has 2 aromatic rings. The molecule has 2 aliphatic heterocycles. The highest BCUT2D eigenvalue weighted by Gasteiger charge is 2.49. The molecule has 6 nitrogen and oxygen atoms in total. The van der Waals surface area contributed by atoms with Crippen LogP contribution >= 0.6 is 11.6 Å². The van der Waals surface area contributed by atoms with Crippen LogP contribution in [0.1, 0.15) is 34.3 Å². The summed E-state index contributed by atoms with van der Waals surface area (Å²) in [5, 5.41) is 4.14. The van der Waals surface area contributed by atoms with Gasteiger partial charge in [-0.1, -0.05) is 17.7 Å². The van der Waals surface area contributed by atoms with Crippen LogP contribution in [0.4, 0.5) is 5.95 Å². The average molecular weight is 385 g/mol. The third-order valence-corrected chi connectivity index (χ3v) is 6.15. The van der Waals surface area contributed by atoms with E-state index in [1.165, 1.54) is 11.1 Å². The van der Waals surface area contributed by atoms with E-state index < -0.39 is 0 Å². The number of benzene rings is 1. The lowest BCUT2D eigenvalue weighted by Gasteiger charge is -2.45. The quantitative estimate of drug-likeness (QED) is 0.881. The number of ether oxygens (including phenoxy) is 1. The highest BCUT2D eigenvalue weighted by atomic mass is 35.5. The zero-order valence-corrected chi connectivity index (χ0v) is 15.7. The predicted molar refractivity (Wildman–Crippen MR) is 102 cm³/mol. The summed E-state index contributed by atoms with van der Waals surface area (Å²) in [4.78, 5) is 23.6. The maximum atomic E-state index is 12.8. The van der Waals surface area contributed by atoms with Crippen molar-refractivity contribution in [2.24, 2.45) is 0 Å². The topological polar surface area (TPSA) is 67.4 Å². The average Bonchev–Trinajstić information content (AvgIpc) is 3.25. The zero-order valence-electron chi connectivity index (χ0n) is 14.9. The number of carbonyl (C=O) groups is 1. The molecule has 27 heavy (non-hydrogen) atoms. The molecule has 2 fully saturated rings. The molecular formula is C20H21ClN4O2. The molecule has 0 saturated carbocycles. The van der Waals surface area contributed by atoms with E-state index in [4.69, 9.17) is 16.3 Å². The lowest BCUT2D eigenvalue weighted by atomic mass is 9.94. The number of amides is 1. The van der Waals surface area contributed by atoms with Crippen molar-refractivity contribution in [3.8, 4) is 0 Å². The van der Waals surface area contributed by atoms with Gasteiger partial charge in [0.05, 0.1) is 24.3 Å². The summed E-state index contributed by atoms with van der Waals surface area (Å²) in [5.74, 6) is 0.559. The standard InChI is InChI=1S/C20H21ClN4O2/c21-16-3-2-13-7-17(8-14(13)6-16)24-19-22-9-15(10-23-19)18(26)25-5-1-4-20(25)11-27-12-20/h2-3,6,9-10,17H,1,4-5,7-8,11-12H2,(H,22,23,24). The minimum absolute atomic E-state index is 0.00487. The van der Waals surface area contributed by atoms with Crippen molar-refractivity contribution in [1.82, 2.24) is 14.9 Å². The Bertz CT molecular complexity index is 882. The molecule has 140 valence electrons. The number of nitrogens with zero attached hydrogens (tertiary/aromatic N) is 3. The zero-order chi connectivity index (χ0) is 18.4. The summed E-state index contributed by atoms with van der Waals surface area (Å²) in [6.45, 7) is 2.07. The normalized spacial score (nSPS) is 22.6. The smallest absolute Gasteiger partial charge is 0.257 e. The number of aromatic nitrogens is 2. The summed E-state index contributed by atoms with van der Waals surface area (Å²) >= 11 is 6.08. The third kappa shape index (κ3) is 2.97. The molecule has 1 unspecified atom stereocenters. The van der Waals surface area contributed by atoms with Gasteiger partial charge in [-0.25, -0.2) is 9.97 Å². The van der Waals surface area contributed by atoms with Crippen LogP contribution in [0.25, 0.3) is 0 Å². The Morgan fingerprint density at radius 1 is 1.22 bits per heavy atom. The van der Waals surface area contributed by atoms with E-state index in [0.29, 0.717) is 24.7 Å². The third-order valence-electron chi connectivity index (χ3n) is 5.92. The number of halogens is 1. The second kappa shape index (κ2) is 6.46. The van der Waals surface area contributed by atoms with Crippen molar-refractivity contribution in [2.75, 3.05) is 25.1 Å². The van der Waals surface area contributed by atoms with Gasteiger partial charge in [0.1, 0.15) is 0 Å². The predicted octanol–water partition coefficient (Wildman–Crippen LogP) is 2.71. The maximum absolute atomic E-state index is 12.8. The summed E-state index contributed by atoms with van der Waals surface area (Å²) in [6, 6.07) is 6.28. The molecule has 3 aliphatic rings. The number of anilines is 1. The number of nitrogens with one attached hydrogen (secondary N) is 1. The molecular weight excluding hydrogens is 364 g/mol. The summed E-state index contributed by atoms with van der Waals surface area (Å²) in [6.07, 6.45) is 7.13. The van der Waals surface area contributed by atoms with Gasteiger partial charge in [-0.05, 0) is 48.9 Å². The van der Waals surface area contributed by atoms with Crippen LogP contribution in [-0.2, 0) is 17.6 Å². The molecule has 1 atom stereocenters. The Kier molecular flexibility index (Phi) is 4.06. The van der Waals surface area contributed by atoms with Gasteiger partial charge in [-0.15, -0.1) is 0 Å². The van der Waals surface area contributed by atoms with Crippen molar-refractivity contribution >= 4 is 23.5 Å². The Labute approximate surface area is 162 Å². The van der Waals surface area contributed by atoms with Crippen LogP contribution in [0.5, 0.6) is 0 Å². The van der Waals surface area contributed by atoms with Crippen LogP contribution in [-0.4, -0.2) is 52.1 Å². The van der Waals surface area contributed by atoms with Gasteiger partial charge >= 0.3 is 0 Å². The van der Waals surface area contributed by atoms with E-state index in [9.17, 15) is 4.79 Å². The number of hydrogen-bond acceptors (Lipinski definition) is 5. The van der Waals surface area contributed by atoms with Crippen LogP contribution in [0, 0.1) is 0 Å². The minimum atomic E-state index is -0.0924. The van der Waals surface area contributed by atoms with Gasteiger partial charge in [-0.2, -0.15) is 0 Å². The van der Waals surface area contributed by atoms with E-state index in [0.717, 1.165) is 37.3 Å². The monoisotopic (exact) mass is 384 g/mol. The van der Waals surface area contributed by atoms with Crippen molar-refractivity contribution in [1.29, 1.82) is 0 Å². The fourth-order valence-electron chi connectivity index (χ4n) is 4.43. The van der Waals surface area contributed by atoms with E-state index in [2.05, 4.69) is 21.4 Å². The lowest BCUT2D eigenvalue weighted by Crippen LogP contribution is -2.60. The molecule has 7 heteroatoms. The number of hydrogen-bond donors (Lipinski definition) is 1. The molecule has 2 saturated heterocycles. The van der Waals surface area contributed by atoms with Crippen molar-refractivity contribution < 1.29 is 9.53 Å². The first-order valence-corrected chi connectivity index (χ1v) is 9.76. The Balaban J connectivity index is 1.25. The van der Waals surface area contributed by atoms with Crippen LogP contribution < -0.4 is 5.32 Å². The molecule has 0 bridgehead atoms. The van der Waals surface area contributed by atoms with Gasteiger partial charge < -0.3 is 15.0 Å². The van der Waals surface area contributed by atoms with Gasteiger partial charge in [0.2, 0.25) is 5.95 Å². The van der Waals surface area contributed by atoms with Crippen molar-refractivity contribution in [2.45, 2.75) is 37.3 Å². The second-order valence-corrected chi connectivity index (χ2v) is 8.17. The van der Waals surface area contributed by atoms with Gasteiger partial charge in [0.15, 0.2) is 0 Å². The Morgan fingerprint density at radius 2 is 2.00 bits per heavy atom. The maximum Gasteiger partial charge on any atom is 0.257 e. The number of carbonyl (C=O) groups excluding carboxylic acids is 1. The van der Waals surface area contributed by atoms with Gasteiger partial charge in [0.25, 0.3) is 5.91 Å². The lowest BCUT2D eigenvalue weighted by molar-refractivity contribution is -0.109. The fraction of sp³-hybridized carbons (Fsp3) is 0.450. The summed E-state index contributed by atoms with van der Waals surface area (Å²) in [5.41, 5.74) is 3.03. The Morgan fingerprint density at radius 3 is 2.74 bits per heavy atom. The summed E-state index contributed by atoms with van der Waals surface area (Å²) in [7, 11) is 0. The van der Waals surface area contributed by atoms with Crippen LogP contribution in [0.3, 0.4) is 0 Å². The first-order chi connectivity index (χ1) is 13.1. The largest absolute Gasteiger partial charge is 0.376 e. The SMILES string of the molecule is O=C(c1cnc(NC2Cc3ccc(Cl)cc3C2)nc1)N1CCCC12COC2. The Hall–Kier alpha value is -2.18. The van der Waals surface area contributed by atoms with Gasteiger partial charge in [-0.3, -0.25) is 4.79 Å². The van der Waals surface area contributed by atoms with Crippen molar-refractivity contribution in [3.05, 3.63) is 52.3 Å². The second-order valence-electron chi connectivity index (χ2n) is 7.74. The van der Waals surface area contributed by atoms with E-state index in [1.807, 2.05) is 17.0 Å². The van der Waals surface area contributed by atoms with Crippen LogP contribution in [0.2, 0.25) is 5.02 Å². The van der Waals surface area contributed by atoms with Crippen molar-refractivity contribution in [3.63, 3.8) is 0 Å². The van der Waals surface area contributed by atoms with Gasteiger partial charge in [0, 0.05) is 30.0 Å².